The number of pyridine rings is 1. The smallest absolute Gasteiger partial charge is 0.391 e. The van der Waals surface area contributed by atoms with Crippen LogP contribution in [0.15, 0.2) is 30.6 Å². The number of hydrogen-bond donors (Lipinski definition) is 4. The largest absolute Gasteiger partial charge is 0.416 e. The summed E-state index contributed by atoms with van der Waals surface area (Å²) < 4.78 is 43.1. The van der Waals surface area contributed by atoms with Crippen LogP contribution in [0, 0.1) is 12.8 Å². The number of nitrogens with one attached hydrogen (secondary N) is 3. The molecule has 0 spiro atoms. The van der Waals surface area contributed by atoms with E-state index in [0.717, 1.165) is 49.2 Å². The fraction of sp³-hybridized carbons (Fsp3) is 0.480. The Morgan fingerprint density at radius 2 is 1.97 bits per heavy atom. The van der Waals surface area contributed by atoms with Crippen LogP contribution < -0.4 is 16.0 Å². The van der Waals surface area contributed by atoms with Crippen LogP contribution in [0.1, 0.15) is 47.7 Å². The molecular weight excluding hydrogens is 485 g/mol. The summed E-state index contributed by atoms with van der Waals surface area (Å²) in [5.74, 6) is 1.98. The van der Waals surface area contributed by atoms with Gasteiger partial charge in [0.15, 0.2) is 5.65 Å². The summed E-state index contributed by atoms with van der Waals surface area (Å²) in [6, 6.07) is 4.05. The van der Waals surface area contributed by atoms with Crippen LogP contribution in [0.25, 0.3) is 11.3 Å². The zero-order valence-electron chi connectivity index (χ0n) is 20.4. The average Bonchev–Trinajstić information content (AvgIpc) is 3.46. The lowest BCUT2D eigenvalue weighted by Gasteiger charge is -2.28. The SMILES string of the molecule is Cc1cc(C(F)(F)F)cc2nc(CNc3cc(NC[C@H]4CCNC[C@@H]4O)nc4c(C5CC5)cnn34)cn12. The molecule has 1 saturated heterocycles. The van der Waals surface area contributed by atoms with Crippen molar-refractivity contribution in [2.45, 2.75) is 50.9 Å². The first-order chi connectivity index (χ1) is 17.8. The van der Waals surface area contributed by atoms with Crippen LogP contribution in [-0.4, -0.2) is 54.8 Å². The molecule has 2 aliphatic rings. The lowest BCUT2D eigenvalue weighted by atomic mass is 9.95. The van der Waals surface area contributed by atoms with Gasteiger partial charge in [0, 0.05) is 42.5 Å². The Morgan fingerprint density at radius 3 is 2.73 bits per heavy atom. The molecule has 1 saturated carbocycles. The molecule has 1 aliphatic heterocycles. The molecule has 37 heavy (non-hydrogen) atoms. The van der Waals surface area contributed by atoms with Crippen LogP contribution in [0.2, 0.25) is 0 Å². The number of β-amino-alcohol motifs (C(OH)–C–C–N with tert-alkyl or cyclic N) is 1. The van der Waals surface area contributed by atoms with E-state index in [2.05, 4.69) is 26.0 Å². The second-order valence-corrected chi connectivity index (χ2v) is 10.0. The van der Waals surface area contributed by atoms with Gasteiger partial charge in [0.25, 0.3) is 0 Å². The third kappa shape index (κ3) is 4.82. The van der Waals surface area contributed by atoms with Gasteiger partial charge in [-0.15, -0.1) is 0 Å². The Bertz CT molecular complexity index is 1440. The maximum Gasteiger partial charge on any atom is 0.416 e. The molecule has 2 atom stereocenters. The third-order valence-corrected chi connectivity index (χ3v) is 7.24. The van der Waals surface area contributed by atoms with E-state index in [1.807, 2.05) is 12.3 Å². The highest BCUT2D eigenvalue weighted by Gasteiger charge is 2.32. The number of aryl methyl sites for hydroxylation is 1. The molecule has 6 rings (SSSR count). The molecule has 4 aromatic rings. The first-order valence-corrected chi connectivity index (χ1v) is 12.6. The van der Waals surface area contributed by atoms with E-state index >= 15 is 0 Å². The number of aliphatic hydroxyl groups excluding tert-OH is 1. The van der Waals surface area contributed by atoms with E-state index in [1.54, 1.807) is 22.0 Å². The van der Waals surface area contributed by atoms with Crippen LogP contribution >= 0.6 is 0 Å². The maximum absolute atomic E-state index is 13.2. The van der Waals surface area contributed by atoms with Gasteiger partial charge in [-0.05, 0) is 50.8 Å². The van der Waals surface area contributed by atoms with Crippen LogP contribution in [0.4, 0.5) is 24.8 Å². The molecular formula is C25H29F3N8O. The van der Waals surface area contributed by atoms with E-state index in [0.29, 0.717) is 48.6 Å². The van der Waals surface area contributed by atoms with Crippen LogP contribution in [-0.2, 0) is 12.7 Å². The highest BCUT2D eigenvalue weighted by Crippen LogP contribution is 2.42. The number of rotatable bonds is 7. The molecule has 4 aromatic heterocycles. The monoisotopic (exact) mass is 514 g/mol. The fourth-order valence-electron chi connectivity index (χ4n) is 4.98. The van der Waals surface area contributed by atoms with Gasteiger partial charge in [-0.2, -0.15) is 22.8 Å². The Kier molecular flexibility index (Phi) is 5.95. The van der Waals surface area contributed by atoms with Crippen molar-refractivity contribution in [3.63, 3.8) is 0 Å². The Morgan fingerprint density at radius 1 is 1.14 bits per heavy atom. The van der Waals surface area contributed by atoms with Gasteiger partial charge in [0.2, 0.25) is 0 Å². The first kappa shape index (κ1) is 24.0. The highest BCUT2D eigenvalue weighted by atomic mass is 19.4. The van der Waals surface area contributed by atoms with Gasteiger partial charge in [-0.3, -0.25) is 0 Å². The van der Waals surface area contributed by atoms with Crippen molar-refractivity contribution in [2.24, 2.45) is 5.92 Å². The third-order valence-electron chi connectivity index (χ3n) is 7.24. The second-order valence-electron chi connectivity index (χ2n) is 10.0. The maximum atomic E-state index is 13.2. The molecule has 12 heteroatoms. The zero-order chi connectivity index (χ0) is 25.7. The van der Waals surface area contributed by atoms with Gasteiger partial charge < -0.3 is 25.5 Å². The number of piperidine rings is 1. The lowest BCUT2D eigenvalue weighted by Crippen LogP contribution is -2.43. The minimum Gasteiger partial charge on any atom is -0.391 e. The quantitative estimate of drug-likeness (QED) is 0.299. The minimum atomic E-state index is -4.42. The van der Waals surface area contributed by atoms with Crippen molar-refractivity contribution in [3.05, 3.63) is 53.1 Å². The molecule has 5 heterocycles. The van der Waals surface area contributed by atoms with Gasteiger partial charge in [0.1, 0.15) is 17.3 Å². The summed E-state index contributed by atoms with van der Waals surface area (Å²) >= 11 is 0. The Balaban J connectivity index is 1.26. The van der Waals surface area contributed by atoms with E-state index < -0.39 is 17.8 Å². The van der Waals surface area contributed by atoms with Gasteiger partial charge >= 0.3 is 6.18 Å². The summed E-state index contributed by atoms with van der Waals surface area (Å²) in [6.45, 7) is 4.00. The van der Waals surface area contributed by atoms with Crippen LogP contribution in [0.5, 0.6) is 0 Å². The summed E-state index contributed by atoms with van der Waals surface area (Å²) in [5.41, 5.74) is 2.49. The molecule has 9 nitrogen and oxygen atoms in total. The lowest BCUT2D eigenvalue weighted by molar-refractivity contribution is -0.137. The van der Waals surface area contributed by atoms with E-state index in [1.165, 1.54) is 0 Å². The summed E-state index contributed by atoms with van der Waals surface area (Å²) in [5, 5.41) is 24.8. The molecule has 2 fully saturated rings. The minimum absolute atomic E-state index is 0.131. The van der Waals surface area contributed by atoms with Gasteiger partial charge in [-0.25, -0.2) is 9.97 Å². The number of hydrogen-bond acceptors (Lipinski definition) is 7. The Labute approximate surface area is 211 Å². The van der Waals surface area contributed by atoms with Gasteiger partial charge in [0.05, 0.1) is 30.1 Å². The molecule has 0 radical (unpaired) electrons. The predicted molar refractivity (Wildman–Crippen MR) is 133 cm³/mol. The molecule has 1 aliphatic carbocycles. The first-order valence-electron chi connectivity index (χ1n) is 12.6. The molecule has 0 aromatic carbocycles. The fourth-order valence-corrected chi connectivity index (χ4v) is 4.98. The van der Waals surface area contributed by atoms with Crippen molar-refractivity contribution < 1.29 is 18.3 Å². The molecule has 0 unspecified atom stereocenters. The van der Waals surface area contributed by atoms with E-state index in [9.17, 15) is 18.3 Å². The summed E-state index contributed by atoms with van der Waals surface area (Å²) in [4.78, 5) is 9.25. The molecule has 196 valence electrons. The highest BCUT2D eigenvalue weighted by molar-refractivity contribution is 5.61. The standard InChI is InChI=1S/C25H29F3N8O/c1-14-6-17(25(26,27)28)7-23-33-18(13-35(14)23)10-31-22-8-21(30-9-16-4-5-29-12-20(16)37)34-24-19(15-2-3-15)11-32-36(22)24/h6-8,11,13,15-16,20,29,31,37H,2-5,9-10,12H2,1H3,(H,30,34)/t16-,20+/m1/s1. The number of halogens is 3. The average molecular weight is 515 g/mol. The Hall–Kier alpha value is -3.38. The van der Waals surface area contributed by atoms with Gasteiger partial charge in [-0.1, -0.05) is 0 Å². The zero-order valence-corrected chi connectivity index (χ0v) is 20.4. The molecule has 4 N–H and O–H groups in total. The predicted octanol–water partition coefficient (Wildman–Crippen LogP) is 3.58. The summed E-state index contributed by atoms with van der Waals surface area (Å²) in [6.07, 6.45) is 1.88. The van der Waals surface area contributed by atoms with E-state index in [4.69, 9.17) is 4.98 Å². The summed E-state index contributed by atoms with van der Waals surface area (Å²) in [7, 11) is 0. The number of aliphatic hydroxyl groups is 1. The number of anilines is 2. The van der Waals surface area contributed by atoms with Crippen molar-refractivity contribution in [1.29, 1.82) is 0 Å². The van der Waals surface area contributed by atoms with Crippen molar-refractivity contribution in [3.8, 4) is 0 Å². The molecule has 0 amide bonds. The second kappa shape index (κ2) is 9.18. The molecule has 0 bridgehead atoms. The number of fused-ring (bicyclic) bond motifs is 2. The number of imidazole rings is 1. The van der Waals surface area contributed by atoms with Crippen molar-refractivity contribution in [2.75, 3.05) is 30.3 Å². The topological polar surface area (TPSA) is 104 Å². The van der Waals surface area contributed by atoms with E-state index in [-0.39, 0.29) is 11.6 Å². The van der Waals surface area contributed by atoms with Crippen LogP contribution in [0.3, 0.4) is 0 Å². The van der Waals surface area contributed by atoms with Crippen molar-refractivity contribution in [1.82, 2.24) is 29.3 Å². The number of aromatic nitrogens is 5. The number of nitrogens with zero attached hydrogens (tertiary/aromatic N) is 5. The van der Waals surface area contributed by atoms with Crippen molar-refractivity contribution >= 4 is 22.9 Å². The normalized spacial score (nSPS) is 20.6. The number of alkyl halides is 3.